The summed E-state index contributed by atoms with van der Waals surface area (Å²) in [7, 11) is 0. The molecule has 0 bridgehead atoms. The zero-order chi connectivity index (χ0) is 33.2. The molecule has 266 valence electrons. The van der Waals surface area contributed by atoms with Gasteiger partial charge in [0.15, 0.2) is 0 Å². The summed E-state index contributed by atoms with van der Waals surface area (Å²) in [5.74, 6) is -0.00933. The Morgan fingerprint density at radius 3 is 1.67 bits per heavy atom. The summed E-state index contributed by atoms with van der Waals surface area (Å²) in [6.07, 6.45) is 26.9. The van der Waals surface area contributed by atoms with Gasteiger partial charge < -0.3 is 19.7 Å². The van der Waals surface area contributed by atoms with E-state index in [1.165, 1.54) is 57.8 Å². The van der Waals surface area contributed by atoms with E-state index in [1.807, 2.05) is 0 Å². The highest BCUT2D eigenvalue weighted by Gasteiger charge is 2.14. The van der Waals surface area contributed by atoms with Gasteiger partial charge in [0.1, 0.15) is 6.10 Å². The van der Waals surface area contributed by atoms with Crippen molar-refractivity contribution < 1.29 is 23.9 Å². The lowest BCUT2D eigenvalue weighted by atomic mass is 10.1. The van der Waals surface area contributed by atoms with Gasteiger partial charge in [0.25, 0.3) is 0 Å². The standard InChI is InChI=1S/C38H74N2O5/c1-5-8-11-18-24-34-44-37(42)28-20-14-12-16-22-31-40(33-25-30-39-35(4)41)32-23-17-13-15-21-29-38(43)45-36(26-10-7-3)27-19-9-6-2/h36H,5-34H2,1-4H3,(H,39,41). The van der Waals surface area contributed by atoms with Gasteiger partial charge in [0.05, 0.1) is 6.61 Å². The third kappa shape index (κ3) is 32.1. The number of hydrogen-bond donors (Lipinski definition) is 1. The Bertz CT molecular complexity index is 687. The first kappa shape index (κ1) is 43.4. The molecule has 0 aromatic carbocycles. The molecule has 0 heterocycles. The molecule has 7 nitrogen and oxygen atoms in total. The van der Waals surface area contributed by atoms with Crippen LogP contribution in [0.5, 0.6) is 0 Å². The van der Waals surface area contributed by atoms with Crippen LogP contribution in [0.2, 0.25) is 0 Å². The molecule has 1 N–H and O–H groups in total. The van der Waals surface area contributed by atoms with Gasteiger partial charge in [-0.1, -0.05) is 111 Å². The second kappa shape index (κ2) is 33.7. The van der Waals surface area contributed by atoms with E-state index in [2.05, 4.69) is 31.0 Å². The van der Waals surface area contributed by atoms with Crippen molar-refractivity contribution >= 4 is 17.8 Å². The molecule has 0 radical (unpaired) electrons. The molecule has 0 rings (SSSR count). The maximum atomic E-state index is 12.4. The Hall–Kier alpha value is -1.63. The van der Waals surface area contributed by atoms with E-state index < -0.39 is 0 Å². The molecule has 0 saturated heterocycles. The molecule has 0 aromatic rings. The minimum absolute atomic E-state index is 0.00829. The number of nitrogens with zero attached hydrogens (tertiary/aromatic N) is 1. The molecule has 0 aliphatic heterocycles. The van der Waals surface area contributed by atoms with Crippen LogP contribution < -0.4 is 5.32 Å². The van der Waals surface area contributed by atoms with Crippen molar-refractivity contribution in [2.24, 2.45) is 0 Å². The highest BCUT2D eigenvalue weighted by molar-refractivity contribution is 5.72. The van der Waals surface area contributed by atoms with E-state index in [4.69, 9.17) is 9.47 Å². The van der Waals surface area contributed by atoms with Crippen LogP contribution >= 0.6 is 0 Å². The predicted molar refractivity (Wildman–Crippen MR) is 188 cm³/mol. The lowest BCUT2D eigenvalue weighted by Crippen LogP contribution is -2.30. The Balaban J connectivity index is 4.09. The average Bonchev–Trinajstić information content (AvgIpc) is 3.02. The van der Waals surface area contributed by atoms with Crippen LogP contribution in [-0.4, -0.2) is 61.6 Å². The lowest BCUT2D eigenvalue weighted by Gasteiger charge is -2.22. The molecule has 7 heteroatoms. The van der Waals surface area contributed by atoms with Gasteiger partial charge >= 0.3 is 11.9 Å². The first-order valence-corrected chi connectivity index (χ1v) is 19.2. The van der Waals surface area contributed by atoms with E-state index in [0.717, 1.165) is 116 Å². The highest BCUT2D eigenvalue weighted by Crippen LogP contribution is 2.16. The molecule has 0 aliphatic rings. The van der Waals surface area contributed by atoms with E-state index in [9.17, 15) is 14.4 Å². The molecule has 1 atom stereocenters. The Labute approximate surface area is 278 Å². The Morgan fingerprint density at radius 2 is 1.04 bits per heavy atom. The third-order valence-corrected chi connectivity index (χ3v) is 8.55. The Morgan fingerprint density at radius 1 is 0.556 bits per heavy atom. The summed E-state index contributed by atoms with van der Waals surface area (Å²) in [6, 6.07) is 0. The second-order valence-corrected chi connectivity index (χ2v) is 13.1. The number of nitrogens with one attached hydrogen (secondary N) is 1. The van der Waals surface area contributed by atoms with E-state index in [-0.39, 0.29) is 23.9 Å². The van der Waals surface area contributed by atoms with Crippen molar-refractivity contribution in [1.29, 1.82) is 0 Å². The van der Waals surface area contributed by atoms with Crippen molar-refractivity contribution in [1.82, 2.24) is 10.2 Å². The quantitative estimate of drug-likeness (QED) is 0.0558. The fourth-order valence-corrected chi connectivity index (χ4v) is 5.70. The fourth-order valence-electron chi connectivity index (χ4n) is 5.70. The van der Waals surface area contributed by atoms with Gasteiger partial charge in [-0.15, -0.1) is 0 Å². The highest BCUT2D eigenvalue weighted by atomic mass is 16.5. The van der Waals surface area contributed by atoms with Crippen LogP contribution in [0.3, 0.4) is 0 Å². The van der Waals surface area contributed by atoms with Gasteiger partial charge in [-0.3, -0.25) is 14.4 Å². The molecule has 0 aliphatic carbocycles. The topological polar surface area (TPSA) is 84.9 Å². The van der Waals surface area contributed by atoms with Crippen molar-refractivity contribution in [3.8, 4) is 0 Å². The predicted octanol–water partition coefficient (Wildman–Crippen LogP) is 9.69. The summed E-state index contributed by atoms with van der Waals surface area (Å²) >= 11 is 0. The lowest BCUT2D eigenvalue weighted by molar-refractivity contribution is -0.150. The number of carbonyl (C=O) groups excluding carboxylic acids is 3. The monoisotopic (exact) mass is 639 g/mol. The van der Waals surface area contributed by atoms with Crippen molar-refractivity contribution in [2.45, 2.75) is 194 Å². The minimum atomic E-state index is -0.0374. The normalized spacial score (nSPS) is 11.9. The zero-order valence-corrected chi connectivity index (χ0v) is 30.3. The van der Waals surface area contributed by atoms with Crippen LogP contribution in [0.15, 0.2) is 0 Å². The van der Waals surface area contributed by atoms with Gasteiger partial charge in [0.2, 0.25) is 5.91 Å². The molecule has 45 heavy (non-hydrogen) atoms. The van der Waals surface area contributed by atoms with Crippen molar-refractivity contribution in [3.05, 3.63) is 0 Å². The van der Waals surface area contributed by atoms with Crippen LogP contribution in [0.1, 0.15) is 188 Å². The van der Waals surface area contributed by atoms with Crippen LogP contribution in [-0.2, 0) is 23.9 Å². The third-order valence-electron chi connectivity index (χ3n) is 8.55. The van der Waals surface area contributed by atoms with Crippen LogP contribution in [0.4, 0.5) is 0 Å². The van der Waals surface area contributed by atoms with Gasteiger partial charge in [-0.25, -0.2) is 0 Å². The molecular formula is C38H74N2O5. The van der Waals surface area contributed by atoms with E-state index >= 15 is 0 Å². The number of carbonyl (C=O) groups is 3. The number of unbranched alkanes of at least 4 members (excludes halogenated alkanes) is 15. The summed E-state index contributed by atoms with van der Waals surface area (Å²) in [5.41, 5.74) is 0. The maximum absolute atomic E-state index is 12.4. The number of esters is 2. The van der Waals surface area contributed by atoms with E-state index in [1.54, 1.807) is 6.92 Å². The molecule has 0 saturated carbocycles. The van der Waals surface area contributed by atoms with Gasteiger partial charge in [0, 0.05) is 26.3 Å². The largest absolute Gasteiger partial charge is 0.466 e. The number of rotatable bonds is 34. The molecule has 0 fully saturated rings. The first-order valence-electron chi connectivity index (χ1n) is 19.2. The number of hydrogen-bond acceptors (Lipinski definition) is 6. The molecular weight excluding hydrogens is 564 g/mol. The van der Waals surface area contributed by atoms with Gasteiger partial charge in [-0.05, 0) is 77.4 Å². The molecule has 1 unspecified atom stereocenters. The van der Waals surface area contributed by atoms with Crippen LogP contribution in [0.25, 0.3) is 0 Å². The van der Waals surface area contributed by atoms with Crippen molar-refractivity contribution in [2.75, 3.05) is 32.8 Å². The average molecular weight is 639 g/mol. The van der Waals surface area contributed by atoms with Crippen molar-refractivity contribution in [3.63, 3.8) is 0 Å². The summed E-state index contributed by atoms with van der Waals surface area (Å²) in [4.78, 5) is 38.1. The summed E-state index contributed by atoms with van der Waals surface area (Å²) < 4.78 is 11.2. The molecule has 1 amide bonds. The fraction of sp³-hybridized carbons (Fsp3) is 0.921. The summed E-state index contributed by atoms with van der Waals surface area (Å²) in [6.45, 7) is 12.7. The smallest absolute Gasteiger partial charge is 0.306 e. The molecule has 0 spiro atoms. The maximum Gasteiger partial charge on any atom is 0.306 e. The number of ether oxygens (including phenoxy) is 2. The van der Waals surface area contributed by atoms with Crippen LogP contribution in [0, 0.1) is 0 Å². The second-order valence-electron chi connectivity index (χ2n) is 13.1. The summed E-state index contributed by atoms with van der Waals surface area (Å²) in [5, 5.41) is 2.92. The SMILES string of the molecule is CCCCCCCOC(=O)CCCCCCCN(CCCCCCCC(=O)OC(CCCC)CCCCC)CCCNC(C)=O. The minimum Gasteiger partial charge on any atom is -0.466 e. The Kier molecular flexibility index (Phi) is 32.5. The zero-order valence-electron chi connectivity index (χ0n) is 30.3. The molecule has 0 aromatic heterocycles. The van der Waals surface area contributed by atoms with Gasteiger partial charge in [-0.2, -0.15) is 0 Å². The van der Waals surface area contributed by atoms with E-state index in [0.29, 0.717) is 19.4 Å². The number of amides is 1. The first-order chi connectivity index (χ1) is 21.9.